The van der Waals surface area contributed by atoms with Crippen LogP contribution in [0.25, 0.3) is 0 Å². The molecule has 1 heterocycles. The summed E-state index contributed by atoms with van der Waals surface area (Å²) in [6.45, 7) is 9.17. The summed E-state index contributed by atoms with van der Waals surface area (Å²) in [4.78, 5) is 4.17. The first-order chi connectivity index (χ1) is 6.92. The summed E-state index contributed by atoms with van der Waals surface area (Å²) in [5.74, 6) is 1.09. The molecule has 0 spiro atoms. The van der Waals surface area contributed by atoms with Crippen LogP contribution in [-0.4, -0.2) is 20.3 Å². The van der Waals surface area contributed by atoms with Crippen LogP contribution in [0.2, 0.25) is 0 Å². The second-order valence-corrected chi connectivity index (χ2v) is 4.75. The summed E-state index contributed by atoms with van der Waals surface area (Å²) in [6, 6.07) is 0. The van der Waals surface area contributed by atoms with Gasteiger partial charge in [-0.25, -0.2) is 4.68 Å². The maximum Gasteiger partial charge on any atom is 0.244 e. The van der Waals surface area contributed by atoms with E-state index in [-0.39, 0.29) is 5.54 Å². The second-order valence-electron chi connectivity index (χ2n) is 4.75. The number of anilines is 2. The molecule has 0 saturated carbocycles. The van der Waals surface area contributed by atoms with Crippen LogP contribution in [0.3, 0.4) is 0 Å². The summed E-state index contributed by atoms with van der Waals surface area (Å²) >= 11 is 0. The summed E-state index contributed by atoms with van der Waals surface area (Å²) in [5.41, 5.74) is 5.71. The standard InChI is InChI=1S/C10H21N5/c1-5-6-7-15-8(11)12-9(14-15)13-10(2,3)4/h5-7H2,1-4H3,(H3,11,12,13,14). The van der Waals surface area contributed by atoms with Crippen molar-refractivity contribution in [3.63, 3.8) is 0 Å². The minimum Gasteiger partial charge on any atom is -0.368 e. The average Bonchev–Trinajstić information content (AvgIpc) is 2.39. The lowest BCUT2D eigenvalue weighted by Gasteiger charge is -2.18. The molecule has 5 nitrogen and oxygen atoms in total. The van der Waals surface area contributed by atoms with Gasteiger partial charge in [-0.2, -0.15) is 4.98 Å². The number of nitrogens with one attached hydrogen (secondary N) is 1. The van der Waals surface area contributed by atoms with Gasteiger partial charge < -0.3 is 11.1 Å². The van der Waals surface area contributed by atoms with Crippen molar-refractivity contribution in [2.75, 3.05) is 11.1 Å². The van der Waals surface area contributed by atoms with Gasteiger partial charge in [-0.3, -0.25) is 0 Å². The number of aromatic nitrogens is 3. The molecule has 0 aliphatic rings. The highest BCUT2D eigenvalue weighted by molar-refractivity contribution is 5.33. The second kappa shape index (κ2) is 4.51. The van der Waals surface area contributed by atoms with Crippen LogP contribution in [0.4, 0.5) is 11.9 Å². The minimum absolute atomic E-state index is 0.0383. The van der Waals surface area contributed by atoms with Crippen LogP contribution in [0.15, 0.2) is 0 Å². The largest absolute Gasteiger partial charge is 0.368 e. The van der Waals surface area contributed by atoms with Gasteiger partial charge in [0.2, 0.25) is 11.9 Å². The molecule has 1 rings (SSSR count). The third kappa shape index (κ3) is 3.77. The topological polar surface area (TPSA) is 68.8 Å². The summed E-state index contributed by atoms with van der Waals surface area (Å²) in [5, 5.41) is 7.50. The van der Waals surface area contributed by atoms with E-state index < -0.39 is 0 Å². The van der Waals surface area contributed by atoms with E-state index in [0.717, 1.165) is 19.4 Å². The van der Waals surface area contributed by atoms with Crippen molar-refractivity contribution in [1.29, 1.82) is 0 Å². The van der Waals surface area contributed by atoms with Gasteiger partial charge in [0.25, 0.3) is 0 Å². The average molecular weight is 211 g/mol. The first kappa shape index (κ1) is 11.8. The van der Waals surface area contributed by atoms with Gasteiger partial charge in [0, 0.05) is 12.1 Å². The van der Waals surface area contributed by atoms with E-state index in [1.807, 2.05) is 0 Å². The zero-order valence-corrected chi connectivity index (χ0v) is 10.0. The number of rotatable bonds is 4. The van der Waals surface area contributed by atoms with E-state index in [9.17, 15) is 0 Å². The fraction of sp³-hybridized carbons (Fsp3) is 0.800. The SMILES string of the molecule is CCCCn1nc(NC(C)(C)C)nc1N. The van der Waals surface area contributed by atoms with E-state index in [4.69, 9.17) is 5.73 Å². The molecule has 0 saturated heterocycles. The van der Waals surface area contributed by atoms with Crippen molar-refractivity contribution in [2.45, 2.75) is 52.6 Å². The number of aryl methyl sites for hydroxylation is 1. The molecule has 0 amide bonds. The van der Waals surface area contributed by atoms with Crippen LogP contribution in [0.5, 0.6) is 0 Å². The summed E-state index contributed by atoms with van der Waals surface area (Å²) in [6.07, 6.45) is 2.20. The predicted octanol–water partition coefficient (Wildman–Crippen LogP) is 1.87. The summed E-state index contributed by atoms with van der Waals surface area (Å²) < 4.78 is 1.75. The number of hydrogen-bond donors (Lipinski definition) is 2. The van der Waals surface area contributed by atoms with Gasteiger partial charge in [-0.1, -0.05) is 13.3 Å². The third-order valence-corrected chi connectivity index (χ3v) is 1.91. The molecule has 1 aromatic heterocycles. The number of nitrogens with two attached hydrogens (primary N) is 1. The van der Waals surface area contributed by atoms with Crippen LogP contribution in [-0.2, 0) is 6.54 Å². The first-order valence-electron chi connectivity index (χ1n) is 5.41. The lowest BCUT2D eigenvalue weighted by molar-refractivity contribution is 0.573. The van der Waals surface area contributed by atoms with Crippen molar-refractivity contribution < 1.29 is 0 Å². The van der Waals surface area contributed by atoms with E-state index in [0.29, 0.717) is 11.9 Å². The molecule has 15 heavy (non-hydrogen) atoms. The van der Waals surface area contributed by atoms with E-state index in [2.05, 4.69) is 43.1 Å². The molecule has 0 atom stereocenters. The normalized spacial score (nSPS) is 11.7. The Bertz CT molecular complexity index is 310. The van der Waals surface area contributed by atoms with Crippen molar-refractivity contribution in [2.24, 2.45) is 0 Å². The molecule has 86 valence electrons. The Morgan fingerprint density at radius 1 is 1.40 bits per heavy atom. The van der Waals surface area contributed by atoms with E-state index in [1.54, 1.807) is 4.68 Å². The molecule has 0 aliphatic carbocycles. The Morgan fingerprint density at radius 2 is 2.07 bits per heavy atom. The van der Waals surface area contributed by atoms with Gasteiger partial charge in [-0.15, -0.1) is 5.10 Å². The van der Waals surface area contributed by atoms with Gasteiger partial charge >= 0.3 is 0 Å². The number of nitrogen functional groups attached to an aromatic ring is 1. The Morgan fingerprint density at radius 3 is 2.60 bits per heavy atom. The number of hydrogen-bond acceptors (Lipinski definition) is 4. The van der Waals surface area contributed by atoms with Gasteiger partial charge in [0.05, 0.1) is 0 Å². The number of unbranched alkanes of at least 4 members (excludes halogenated alkanes) is 1. The molecule has 0 bridgehead atoms. The highest BCUT2D eigenvalue weighted by Gasteiger charge is 2.13. The van der Waals surface area contributed by atoms with Gasteiger partial charge in [0.1, 0.15) is 0 Å². The van der Waals surface area contributed by atoms with Crippen LogP contribution in [0, 0.1) is 0 Å². The summed E-state index contributed by atoms with van der Waals surface area (Å²) in [7, 11) is 0. The minimum atomic E-state index is -0.0383. The molecule has 0 aliphatic heterocycles. The van der Waals surface area contributed by atoms with Crippen molar-refractivity contribution in [3.05, 3.63) is 0 Å². The smallest absolute Gasteiger partial charge is 0.244 e. The highest BCUT2D eigenvalue weighted by atomic mass is 15.4. The molecular weight excluding hydrogens is 190 g/mol. The molecular formula is C10H21N5. The fourth-order valence-corrected chi connectivity index (χ4v) is 1.21. The quantitative estimate of drug-likeness (QED) is 0.797. The fourth-order valence-electron chi connectivity index (χ4n) is 1.21. The monoisotopic (exact) mass is 211 g/mol. The highest BCUT2D eigenvalue weighted by Crippen LogP contribution is 2.12. The Kier molecular flexibility index (Phi) is 3.55. The molecule has 5 heteroatoms. The Hall–Kier alpha value is -1.26. The van der Waals surface area contributed by atoms with Gasteiger partial charge in [-0.05, 0) is 27.2 Å². The van der Waals surface area contributed by atoms with E-state index in [1.165, 1.54) is 0 Å². The predicted molar refractivity (Wildman–Crippen MR) is 62.7 cm³/mol. The molecule has 1 aromatic rings. The molecule has 3 N–H and O–H groups in total. The third-order valence-electron chi connectivity index (χ3n) is 1.91. The zero-order chi connectivity index (χ0) is 11.5. The van der Waals surface area contributed by atoms with Crippen molar-refractivity contribution in [1.82, 2.24) is 14.8 Å². The molecule has 0 fully saturated rings. The van der Waals surface area contributed by atoms with Gasteiger partial charge in [0.15, 0.2) is 0 Å². The van der Waals surface area contributed by atoms with Crippen LogP contribution in [0.1, 0.15) is 40.5 Å². The first-order valence-corrected chi connectivity index (χ1v) is 5.41. The maximum absolute atomic E-state index is 5.75. The molecule has 0 unspecified atom stereocenters. The Balaban J connectivity index is 2.68. The lowest BCUT2D eigenvalue weighted by Crippen LogP contribution is -2.26. The zero-order valence-electron chi connectivity index (χ0n) is 10.0. The Labute approximate surface area is 91.1 Å². The van der Waals surface area contributed by atoms with E-state index >= 15 is 0 Å². The van der Waals surface area contributed by atoms with Crippen LogP contribution >= 0.6 is 0 Å². The van der Waals surface area contributed by atoms with Crippen molar-refractivity contribution >= 4 is 11.9 Å². The number of nitrogens with zero attached hydrogens (tertiary/aromatic N) is 3. The van der Waals surface area contributed by atoms with Crippen molar-refractivity contribution in [3.8, 4) is 0 Å². The van der Waals surface area contributed by atoms with Crippen LogP contribution < -0.4 is 11.1 Å². The molecule has 0 radical (unpaired) electrons. The maximum atomic E-state index is 5.75. The lowest BCUT2D eigenvalue weighted by atomic mass is 10.1. The molecule has 0 aromatic carbocycles.